The highest BCUT2D eigenvalue weighted by Crippen LogP contribution is 2.42. The fourth-order valence-corrected chi connectivity index (χ4v) is 8.96. The molecule has 0 unspecified atom stereocenters. The Morgan fingerprint density at radius 2 is 0.550 bits per heavy atom. The molecule has 0 fully saturated rings. The molecule has 7 aromatic carbocycles. The number of aryl methyl sites for hydroxylation is 3. The van der Waals surface area contributed by atoms with Gasteiger partial charge in [-0.2, -0.15) is 0 Å². The molecule has 0 saturated heterocycles. The fourth-order valence-electron chi connectivity index (χ4n) is 8.96. The molecule has 0 aliphatic rings. The van der Waals surface area contributed by atoms with Gasteiger partial charge in [-0.1, -0.05) is 166 Å². The van der Waals surface area contributed by atoms with Gasteiger partial charge in [-0.05, 0) is 70.8 Å². The van der Waals surface area contributed by atoms with Gasteiger partial charge in [0.15, 0.2) is 0 Å². The van der Waals surface area contributed by atoms with Gasteiger partial charge in [0.05, 0.1) is 16.6 Å². The zero-order valence-electron chi connectivity index (χ0n) is 34.5. The van der Waals surface area contributed by atoms with Gasteiger partial charge in [-0.25, -0.2) is 15.0 Å². The van der Waals surface area contributed by atoms with E-state index in [0.29, 0.717) is 0 Å². The molecule has 6 heteroatoms. The van der Waals surface area contributed by atoms with Gasteiger partial charge < -0.3 is 13.7 Å². The second-order valence-corrected chi connectivity index (χ2v) is 15.7. The van der Waals surface area contributed by atoms with E-state index in [1.165, 1.54) is 33.4 Å². The van der Waals surface area contributed by atoms with E-state index in [0.717, 1.165) is 106 Å². The van der Waals surface area contributed by atoms with E-state index in [1.807, 2.05) is 0 Å². The van der Waals surface area contributed by atoms with Crippen LogP contribution >= 0.6 is 0 Å². The van der Waals surface area contributed by atoms with Crippen LogP contribution < -0.4 is 0 Å². The third-order valence-corrected chi connectivity index (χ3v) is 11.6. The lowest BCUT2D eigenvalue weighted by Crippen LogP contribution is -2.02. The van der Waals surface area contributed by atoms with Crippen LogP contribution in [0.25, 0.3) is 101 Å². The average molecular weight is 781 g/mol. The van der Waals surface area contributed by atoms with Crippen molar-refractivity contribution in [1.29, 1.82) is 0 Å². The topological polar surface area (TPSA) is 53.5 Å². The third kappa shape index (κ3) is 6.49. The highest BCUT2D eigenvalue weighted by atomic mass is 15.2. The van der Waals surface area contributed by atoms with Gasteiger partial charge in [0.2, 0.25) is 0 Å². The predicted molar refractivity (Wildman–Crippen MR) is 250 cm³/mol. The Hall–Kier alpha value is -7.05. The van der Waals surface area contributed by atoms with Gasteiger partial charge >= 0.3 is 0 Å². The Balaban J connectivity index is 1.31. The molecule has 0 radical (unpaired) electrons. The molecule has 0 aliphatic heterocycles. The van der Waals surface area contributed by atoms with Crippen molar-refractivity contribution in [1.82, 2.24) is 28.7 Å². The zero-order chi connectivity index (χ0) is 40.6. The van der Waals surface area contributed by atoms with Gasteiger partial charge in [0.1, 0.15) is 34.0 Å². The van der Waals surface area contributed by atoms with E-state index in [9.17, 15) is 0 Å². The summed E-state index contributed by atoms with van der Waals surface area (Å²) in [4.78, 5) is 17.1. The smallest absolute Gasteiger partial charge is 0.141 e. The number of hydrogen-bond acceptors (Lipinski definition) is 3. The summed E-state index contributed by atoms with van der Waals surface area (Å²) in [5.41, 5.74) is 16.4. The molecule has 0 amide bonds. The first-order chi connectivity index (χ1) is 29.6. The molecule has 0 atom stereocenters. The Kier molecular flexibility index (Phi) is 9.90. The number of rotatable bonds is 12. The molecule has 10 rings (SSSR count). The summed E-state index contributed by atoms with van der Waals surface area (Å²) in [5.74, 6) is 2.86. The second-order valence-electron chi connectivity index (χ2n) is 15.7. The van der Waals surface area contributed by atoms with Crippen molar-refractivity contribution in [3.8, 4) is 67.5 Å². The number of fused-ring (bicyclic) bond motifs is 6. The highest BCUT2D eigenvalue weighted by Gasteiger charge is 2.29. The molecule has 0 bridgehead atoms. The quantitative estimate of drug-likeness (QED) is 0.124. The van der Waals surface area contributed by atoms with Gasteiger partial charge in [-0.3, -0.25) is 0 Å². The fraction of sp³-hybridized carbons (Fsp3) is 0.167. The molecular weight excluding hydrogens is 733 g/mol. The first-order valence-corrected chi connectivity index (χ1v) is 21.4. The van der Waals surface area contributed by atoms with E-state index >= 15 is 0 Å². The van der Waals surface area contributed by atoms with Crippen LogP contribution in [0, 0.1) is 0 Å². The minimum absolute atomic E-state index is 0.801. The lowest BCUT2D eigenvalue weighted by atomic mass is 10.0. The van der Waals surface area contributed by atoms with Crippen LogP contribution in [-0.2, 0) is 19.6 Å². The summed E-state index contributed by atoms with van der Waals surface area (Å²) in [7, 11) is 0. The number of benzene rings is 7. The zero-order valence-corrected chi connectivity index (χ0v) is 34.5. The molecule has 0 N–H and O–H groups in total. The van der Waals surface area contributed by atoms with Crippen LogP contribution in [0.5, 0.6) is 0 Å². The summed E-state index contributed by atoms with van der Waals surface area (Å²) in [5, 5.41) is 0. The van der Waals surface area contributed by atoms with E-state index in [-0.39, 0.29) is 0 Å². The molecule has 3 aromatic heterocycles. The molecule has 60 heavy (non-hydrogen) atoms. The average Bonchev–Trinajstić information content (AvgIpc) is 4.00. The maximum absolute atomic E-state index is 5.69. The largest absolute Gasteiger partial charge is 0.322 e. The Morgan fingerprint density at radius 3 is 0.817 bits per heavy atom. The maximum Gasteiger partial charge on any atom is 0.141 e. The molecule has 3 heterocycles. The lowest BCUT2D eigenvalue weighted by Gasteiger charge is -2.12. The predicted octanol–water partition coefficient (Wildman–Crippen LogP) is 14.0. The van der Waals surface area contributed by atoms with Crippen molar-refractivity contribution < 1.29 is 0 Å². The van der Waals surface area contributed by atoms with Gasteiger partial charge in [0.25, 0.3) is 0 Å². The molecule has 0 aliphatic carbocycles. The highest BCUT2D eigenvalue weighted by molar-refractivity contribution is 6.21. The normalized spacial score (nSPS) is 11.7. The summed E-state index contributed by atoms with van der Waals surface area (Å²) in [6.07, 6.45) is 2.84. The van der Waals surface area contributed by atoms with Crippen molar-refractivity contribution in [3.05, 3.63) is 164 Å². The summed E-state index contributed by atoms with van der Waals surface area (Å²) in [6, 6.07) is 58.4. The molecule has 0 spiro atoms. The van der Waals surface area contributed by atoms with Crippen LogP contribution in [0.4, 0.5) is 0 Å². The van der Waals surface area contributed by atoms with E-state index < -0.39 is 0 Å². The maximum atomic E-state index is 5.69. The van der Waals surface area contributed by atoms with Crippen molar-refractivity contribution >= 4 is 33.1 Å². The first-order valence-electron chi connectivity index (χ1n) is 21.4. The number of aromatic nitrogens is 6. The van der Waals surface area contributed by atoms with Crippen LogP contribution in [0.15, 0.2) is 164 Å². The third-order valence-electron chi connectivity index (χ3n) is 11.6. The van der Waals surface area contributed by atoms with E-state index in [2.05, 4.69) is 198 Å². The van der Waals surface area contributed by atoms with Crippen molar-refractivity contribution in [3.63, 3.8) is 0 Å². The molecule has 10 aromatic rings. The van der Waals surface area contributed by atoms with Gasteiger partial charge in [-0.15, -0.1) is 0 Å². The Morgan fingerprint density at radius 1 is 0.300 bits per heavy atom. The number of imidazole rings is 3. The van der Waals surface area contributed by atoms with Crippen LogP contribution in [0.3, 0.4) is 0 Å². The number of hydrogen-bond donors (Lipinski definition) is 0. The summed E-state index contributed by atoms with van der Waals surface area (Å²) < 4.78 is 7.31. The minimum atomic E-state index is 0.801. The number of nitrogens with zero attached hydrogens (tertiary/aromatic N) is 6. The summed E-state index contributed by atoms with van der Waals surface area (Å²) in [6.45, 7) is 9.16. The molecule has 0 saturated carbocycles. The first kappa shape index (κ1) is 37.2. The lowest BCUT2D eigenvalue weighted by molar-refractivity contribution is 0.703. The van der Waals surface area contributed by atoms with Crippen LogP contribution in [0.2, 0.25) is 0 Å². The van der Waals surface area contributed by atoms with Crippen molar-refractivity contribution in [2.45, 2.75) is 59.7 Å². The summed E-state index contributed by atoms with van der Waals surface area (Å²) >= 11 is 0. The van der Waals surface area contributed by atoms with E-state index in [1.54, 1.807) is 0 Å². The van der Waals surface area contributed by atoms with E-state index in [4.69, 9.17) is 15.0 Å². The molecular formula is C54H48N6. The minimum Gasteiger partial charge on any atom is -0.322 e. The second kappa shape index (κ2) is 16.0. The SMILES string of the molecule is CCCn1c(-c2cccc(-c3ccccc3)c2)nc2c1c1nc(-c3cccc(-c4ccccc4)c3)n(CCC)c1c1nc(-c3cccc(-c4ccccc4)c3)n(CCC)c21. The molecule has 6 nitrogen and oxygen atoms in total. The van der Waals surface area contributed by atoms with Gasteiger partial charge in [0, 0.05) is 36.3 Å². The van der Waals surface area contributed by atoms with Crippen LogP contribution in [-0.4, -0.2) is 28.7 Å². The standard InChI is InChI=1S/C54H48N6/c1-4-31-58-49-46(55-52(58)43-28-16-25-40(34-43)37-19-10-7-11-20-37)50-48(57-54(59(50)32-5-2)45-30-18-27-42(36-45)39-23-14-9-15-24-39)51-47(49)56-53(60(51)33-6-3)44-29-17-26-41(35-44)38-21-12-8-13-22-38/h7-30,34-36H,4-6,31-33H2,1-3H3. The monoisotopic (exact) mass is 780 g/mol. The van der Waals surface area contributed by atoms with Crippen LogP contribution in [0.1, 0.15) is 40.0 Å². The molecule has 294 valence electrons. The Labute approximate surface area is 351 Å². The Bertz CT molecular complexity index is 2750. The van der Waals surface area contributed by atoms with Crippen molar-refractivity contribution in [2.75, 3.05) is 0 Å². The van der Waals surface area contributed by atoms with Crippen molar-refractivity contribution in [2.24, 2.45) is 0 Å².